The van der Waals surface area contributed by atoms with Crippen LogP contribution >= 0.6 is 34.8 Å². The minimum absolute atomic E-state index is 0.0491. The molecular weight excluding hydrogens is 499 g/mol. The lowest BCUT2D eigenvalue weighted by Gasteiger charge is -2.43. The number of benzene rings is 2. The van der Waals surface area contributed by atoms with E-state index in [-0.39, 0.29) is 18.2 Å². The van der Waals surface area contributed by atoms with Crippen LogP contribution in [0.15, 0.2) is 42.5 Å². The number of piperidine rings is 1. The molecule has 6 nitrogen and oxygen atoms in total. The van der Waals surface area contributed by atoms with Gasteiger partial charge in [-0.2, -0.15) is 0 Å². The van der Waals surface area contributed by atoms with E-state index in [4.69, 9.17) is 44.3 Å². The quantitative estimate of drug-likeness (QED) is 0.520. The fourth-order valence-electron chi connectivity index (χ4n) is 4.57. The predicted octanol–water partition coefficient (Wildman–Crippen LogP) is 5.20. The second-order valence-electron chi connectivity index (χ2n) is 8.84. The van der Waals surface area contributed by atoms with E-state index in [1.807, 2.05) is 4.90 Å². The molecule has 0 aromatic heterocycles. The minimum atomic E-state index is -0.545. The first-order chi connectivity index (χ1) is 16.4. The molecule has 2 fully saturated rings. The Morgan fingerprint density at radius 1 is 0.941 bits per heavy atom. The molecule has 2 aromatic carbocycles. The zero-order chi connectivity index (χ0) is 24.1. The number of hydrogen-bond donors (Lipinski definition) is 0. The van der Waals surface area contributed by atoms with E-state index in [2.05, 4.69) is 0 Å². The summed E-state index contributed by atoms with van der Waals surface area (Å²) in [7, 11) is 0. The van der Waals surface area contributed by atoms with Gasteiger partial charge in [0.15, 0.2) is 0 Å². The summed E-state index contributed by atoms with van der Waals surface area (Å²) in [5.74, 6) is 0.485. The topological polar surface area (TPSA) is 59.1 Å². The fraction of sp³-hybridized carbons (Fsp3) is 0.440. The molecule has 0 spiro atoms. The van der Waals surface area contributed by atoms with E-state index in [1.165, 1.54) is 0 Å². The Bertz CT molecular complexity index is 1010. The Hall–Kier alpha value is -1.99. The minimum Gasteiger partial charge on any atom is -0.493 e. The average molecular weight is 526 g/mol. The number of halogens is 3. The van der Waals surface area contributed by atoms with Gasteiger partial charge in [0.1, 0.15) is 5.75 Å². The highest BCUT2D eigenvalue weighted by molar-refractivity contribution is 6.39. The smallest absolute Gasteiger partial charge is 0.256 e. The molecule has 0 unspecified atom stereocenters. The lowest BCUT2D eigenvalue weighted by Crippen LogP contribution is -2.52. The average Bonchev–Trinajstić information content (AvgIpc) is 2.84. The molecule has 2 amide bonds. The Morgan fingerprint density at radius 3 is 2.29 bits per heavy atom. The Labute approximate surface area is 214 Å². The van der Waals surface area contributed by atoms with E-state index in [1.54, 1.807) is 47.4 Å². The van der Waals surface area contributed by atoms with E-state index in [0.717, 1.165) is 12.8 Å². The molecule has 2 aromatic rings. The summed E-state index contributed by atoms with van der Waals surface area (Å²) in [5, 5.41) is 1.25. The first-order valence-electron chi connectivity index (χ1n) is 11.3. The van der Waals surface area contributed by atoms with Crippen LogP contribution in [0.1, 0.15) is 29.6 Å². The number of carbonyl (C=O) groups excluding carboxylic acids is 2. The van der Waals surface area contributed by atoms with Gasteiger partial charge in [0.2, 0.25) is 5.91 Å². The van der Waals surface area contributed by atoms with Gasteiger partial charge in [0.05, 0.1) is 35.4 Å². The highest BCUT2D eigenvalue weighted by Crippen LogP contribution is 2.37. The van der Waals surface area contributed by atoms with Crippen molar-refractivity contribution in [1.82, 2.24) is 9.80 Å². The molecule has 9 heteroatoms. The zero-order valence-corrected chi connectivity index (χ0v) is 21.0. The van der Waals surface area contributed by atoms with Gasteiger partial charge in [0, 0.05) is 43.0 Å². The van der Waals surface area contributed by atoms with Gasteiger partial charge in [-0.05, 0) is 49.2 Å². The molecule has 34 heavy (non-hydrogen) atoms. The molecule has 182 valence electrons. The van der Waals surface area contributed by atoms with Gasteiger partial charge in [-0.25, -0.2) is 0 Å². The van der Waals surface area contributed by atoms with E-state index in [0.29, 0.717) is 72.4 Å². The van der Waals surface area contributed by atoms with Gasteiger partial charge in [-0.15, -0.1) is 0 Å². The molecule has 2 saturated heterocycles. The number of nitrogens with zero attached hydrogens (tertiary/aromatic N) is 2. The molecule has 4 rings (SSSR count). The largest absolute Gasteiger partial charge is 0.493 e. The van der Waals surface area contributed by atoms with Crippen molar-refractivity contribution in [2.24, 2.45) is 5.41 Å². The SMILES string of the molecule is O=C(C[C@]1(COc2ccc(Cl)cc2)CCCN(C(=O)c2c(Cl)cccc2Cl)C1)N1CCOCC1. The molecule has 2 aliphatic rings. The lowest BCUT2D eigenvalue weighted by atomic mass is 9.77. The van der Waals surface area contributed by atoms with Crippen molar-refractivity contribution >= 4 is 46.6 Å². The maximum atomic E-state index is 13.4. The third-order valence-corrected chi connectivity index (χ3v) is 7.26. The first kappa shape index (κ1) is 25.1. The van der Waals surface area contributed by atoms with Gasteiger partial charge >= 0.3 is 0 Å². The maximum Gasteiger partial charge on any atom is 0.256 e. The van der Waals surface area contributed by atoms with Crippen LogP contribution in [0.3, 0.4) is 0 Å². The van der Waals surface area contributed by atoms with E-state index < -0.39 is 5.41 Å². The summed E-state index contributed by atoms with van der Waals surface area (Å²) in [6.07, 6.45) is 1.78. The standard InChI is InChI=1S/C25H27Cl3N2O4/c26-18-5-7-19(8-6-18)34-17-25(15-22(31)29-11-13-33-14-12-29)9-2-10-30(16-25)24(32)23-20(27)3-1-4-21(23)28/h1,3-8H,2,9-17H2/t25-/m1/s1. The van der Waals surface area contributed by atoms with Gasteiger partial charge in [0.25, 0.3) is 5.91 Å². The van der Waals surface area contributed by atoms with Crippen LogP contribution in [0, 0.1) is 5.41 Å². The van der Waals surface area contributed by atoms with Crippen LogP contribution < -0.4 is 4.74 Å². The maximum absolute atomic E-state index is 13.4. The predicted molar refractivity (Wildman–Crippen MR) is 133 cm³/mol. The third kappa shape index (κ3) is 5.98. The van der Waals surface area contributed by atoms with Crippen LogP contribution in [-0.2, 0) is 9.53 Å². The zero-order valence-electron chi connectivity index (χ0n) is 18.8. The Balaban J connectivity index is 1.56. The monoisotopic (exact) mass is 524 g/mol. The van der Waals surface area contributed by atoms with Crippen LogP contribution in [0.5, 0.6) is 5.75 Å². The number of rotatable bonds is 6. The van der Waals surface area contributed by atoms with Gasteiger partial charge in [-0.3, -0.25) is 9.59 Å². The lowest BCUT2D eigenvalue weighted by molar-refractivity contribution is -0.139. The van der Waals surface area contributed by atoms with E-state index >= 15 is 0 Å². The van der Waals surface area contributed by atoms with Crippen LogP contribution in [0.2, 0.25) is 15.1 Å². The summed E-state index contributed by atoms with van der Waals surface area (Å²) >= 11 is 18.6. The second kappa shape index (κ2) is 11.2. The van der Waals surface area contributed by atoms with Crippen LogP contribution in [0.4, 0.5) is 0 Å². The summed E-state index contributed by atoms with van der Waals surface area (Å²) in [6.45, 7) is 3.46. The summed E-state index contributed by atoms with van der Waals surface area (Å²) < 4.78 is 11.5. The van der Waals surface area contributed by atoms with Crippen molar-refractivity contribution in [2.45, 2.75) is 19.3 Å². The van der Waals surface area contributed by atoms with Crippen molar-refractivity contribution in [1.29, 1.82) is 0 Å². The van der Waals surface area contributed by atoms with Crippen molar-refractivity contribution in [3.8, 4) is 5.75 Å². The summed E-state index contributed by atoms with van der Waals surface area (Å²) in [6, 6.07) is 12.1. The number of hydrogen-bond acceptors (Lipinski definition) is 4. The third-order valence-electron chi connectivity index (χ3n) is 6.37. The number of amides is 2. The molecule has 0 radical (unpaired) electrons. The van der Waals surface area contributed by atoms with Crippen LogP contribution in [-0.4, -0.2) is 67.6 Å². The van der Waals surface area contributed by atoms with Gasteiger partial charge < -0.3 is 19.3 Å². The normalized spacial score (nSPS) is 20.8. The summed E-state index contributed by atoms with van der Waals surface area (Å²) in [5.41, 5.74) is -0.254. The summed E-state index contributed by atoms with van der Waals surface area (Å²) in [4.78, 5) is 30.2. The van der Waals surface area contributed by atoms with Crippen molar-refractivity contribution in [2.75, 3.05) is 46.0 Å². The first-order valence-corrected chi connectivity index (χ1v) is 12.5. The molecule has 0 bridgehead atoms. The van der Waals surface area contributed by atoms with Crippen molar-refractivity contribution in [3.05, 3.63) is 63.1 Å². The van der Waals surface area contributed by atoms with Crippen molar-refractivity contribution < 1.29 is 19.1 Å². The highest BCUT2D eigenvalue weighted by atomic mass is 35.5. The number of ether oxygens (including phenoxy) is 2. The number of likely N-dealkylation sites (tertiary alicyclic amines) is 1. The van der Waals surface area contributed by atoms with E-state index in [9.17, 15) is 9.59 Å². The fourth-order valence-corrected chi connectivity index (χ4v) is 5.25. The molecular formula is C25H27Cl3N2O4. The Kier molecular flexibility index (Phi) is 8.25. The molecule has 0 aliphatic carbocycles. The second-order valence-corrected chi connectivity index (χ2v) is 10.1. The Morgan fingerprint density at radius 2 is 1.62 bits per heavy atom. The molecule has 0 saturated carbocycles. The van der Waals surface area contributed by atoms with Gasteiger partial charge in [-0.1, -0.05) is 40.9 Å². The highest BCUT2D eigenvalue weighted by Gasteiger charge is 2.41. The molecule has 2 aliphatic heterocycles. The molecule has 2 heterocycles. The van der Waals surface area contributed by atoms with Crippen LogP contribution in [0.25, 0.3) is 0 Å². The molecule has 0 N–H and O–H groups in total. The number of carbonyl (C=O) groups is 2. The van der Waals surface area contributed by atoms with Crippen molar-refractivity contribution in [3.63, 3.8) is 0 Å². The number of morpholine rings is 1. The molecule has 1 atom stereocenters.